The molecule has 20 nitrogen and oxygen atoms in total. The molecule has 0 aliphatic carbocycles. The topological polar surface area (TPSA) is 247 Å². The van der Waals surface area contributed by atoms with E-state index in [1.165, 1.54) is 14.2 Å². The number of rotatable bonds is 12. The molecule has 0 fully saturated rings. The molecule has 0 unspecified atom stereocenters. The van der Waals surface area contributed by atoms with Crippen molar-refractivity contribution in [1.29, 1.82) is 0 Å². The molecule has 2 aromatic carbocycles. The second-order valence-corrected chi connectivity index (χ2v) is 19.2. The molecule has 4 aromatic heterocycles. The fourth-order valence-electron chi connectivity index (χ4n) is 7.13. The zero-order valence-corrected chi connectivity index (χ0v) is 48.5. The molecule has 8 rings (SSSR count). The molecule has 2 aliphatic heterocycles. The first-order valence-electron chi connectivity index (χ1n) is 21.7. The highest BCUT2D eigenvalue weighted by atomic mass is 79.9. The molecule has 2 atom stereocenters. The monoisotopic (exact) mass is 1340 g/mol. The Bertz CT molecular complexity index is 3060. The third kappa shape index (κ3) is 16.6. The number of nitrogens with zero attached hydrogens (tertiary/aromatic N) is 8. The number of hydrogen-bond donors (Lipinski definition) is 1. The van der Waals surface area contributed by atoms with Crippen molar-refractivity contribution in [3.63, 3.8) is 0 Å². The molecule has 0 bridgehead atoms. The minimum absolute atomic E-state index is 0.0132. The number of carbonyl (C=O) groups is 5. The molecule has 2 aliphatic rings. The van der Waals surface area contributed by atoms with Crippen molar-refractivity contribution < 1.29 is 57.5 Å². The lowest BCUT2D eigenvalue weighted by atomic mass is 10.0. The molecule has 0 spiro atoms. The minimum atomic E-state index is -0.922. The second-order valence-electron chi connectivity index (χ2n) is 15.1. The molecule has 27 heteroatoms. The predicted molar refractivity (Wildman–Crippen MR) is 290 cm³/mol. The molecule has 396 valence electrons. The van der Waals surface area contributed by atoms with Gasteiger partial charge in [0.2, 0.25) is 6.79 Å². The van der Waals surface area contributed by atoms with Crippen LogP contribution in [0.2, 0.25) is 0 Å². The van der Waals surface area contributed by atoms with Crippen LogP contribution in [0.5, 0.6) is 0 Å². The molecule has 6 aromatic rings. The highest BCUT2D eigenvalue weighted by molar-refractivity contribution is 9.13. The molecule has 75 heavy (non-hydrogen) atoms. The Labute approximate surface area is 477 Å². The number of imidazole rings is 2. The van der Waals surface area contributed by atoms with Crippen LogP contribution in [0.15, 0.2) is 113 Å². The Balaban J connectivity index is 0.000000227. The van der Waals surface area contributed by atoms with Crippen molar-refractivity contribution in [3.05, 3.63) is 149 Å². The number of aromatic nitrogens is 6. The van der Waals surface area contributed by atoms with Gasteiger partial charge in [-0.25, -0.2) is 24.4 Å². The molecule has 0 saturated carbocycles. The molecule has 1 N–H and O–H groups in total. The van der Waals surface area contributed by atoms with E-state index in [2.05, 4.69) is 124 Å². The number of carboxylic acids is 1. The van der Waals surface area contributed by atoms with E-state index in [0.717, 1.165) is 69.0 Å². The van der Waals surface area contributed by atoms with Crippen LogP contribution in [-0.2, 0) is 38.0 Å². The Morgan fingerprint density at radius 1 is 0.613 bits per heavy atom. The highest BCUT2D eigenvalue weighted by Crippen LogP contribution is 2.39. The van der Waals surface area contributed by atoms with Crippen LogP contribution < -0.4 is 0 Å². The number of benzene rings is 2. The van der Waals surface area contributed by atoms with Crippen LogP contribution in [0.25, 0.3) is 11.4 Å². The number of ether oxygens (including phenoxy) is 6. The first-order valence-corrected chi connectivity index (χ1v) is 26.3. The van der Waals surface area contributed by atoms with E-state index >= 15 is 0 Å². The number of fused-ring (bicyclic) bond motifs is 6. The van der Waals surface area contributed by atoms with Crippen molar-refractivity contribution in [1.82, 2.24) is 29.1 Å². The Kier molecular flexibility index (Phi) is 23.7. The summed E-state index contributed by atoms with van der Waals surface area (Å²) < 4.78 is 33.7. The Morgan fingerprint density at radius 3 is 1.43 bits per heavy atom. The zero-order chi connectivity index (χ0) is 54.8. The minimum Gasteiger partial charge on any atom is -0.481 e. The van der Waals surface area contributed by atoms with Crippen LogP contribution in [0.4, 0.5) is 14.4 Å². The van der Waals surface area contributed by atoms with Gasteiger partial charge in [-0.1, -0.05) is 35.3 Å². The van der Waals surface area contributed by atoms with Gasteiger partial charge in [0.15, 0.2) is 12.1 Å². The fraction of sp³-hybridized carbons (Fsp3) is 0.271. The number of carbonyl (C=O) groups excluding carboxylic acids is 4. The quantitative estimate of drug-likeness (QED) is 0.0393. The Morgan fingerprint density at radius 2 is 1.05 bits per heavy atom. The van der Waals surface area contributed by atoms with E-state index in [1.54, 1.807) is 24.8 Å². The second kappa shape index (κ2) is 29.5. The van der Waals surface area contributed by atoms with E-state index in [0.29, 0.717) is 30.1 Å². The largest absolute Gasteiger partial charge is 0.510 e. The number of esters is 1. The highest BCUT2D eigenvalue weighted by Gasteiger charge is 2.31. The van der Waals surface area contributed by atoms with Gasteiger partial charge < -0.3 is 33.5 Å². The summed E-state index contributed by atoms with van der Waals surface area (Å²) in [5.74, 6) is 0.0647. The molecular formula is C48H43Br4Cl3N8O12. The van der Waals surface area contributed by atoms with Crippen LogP contribution >= 0.6 is 98.5 Å². The summed E-state index contributed by atoms with van der Waals surface area (Å²) in [4.78, 5) is 82.1. The number of methoxy groups -OCH3 is 2. The average Bonchev–Trinajstić information content (AvgIpc) is 3.90. The first kappa shape index (κ1) is 60.1. The van der Waals surface area contributed by atoms with E-state index in [4.69, 9.17) is 37.9 Å². The number of aryl methyl sites for hydroxylation is 2. The van der Waals surface area contributed by atoms with Gasteiger partial charge in [0.1, 0.15) is 23.7 Å². The van der Waals surface area contributed by atoms with Gasteiger partial charge in [0.25, 0.3) is 0 Å². The van der Waals surface area contributed by atoms with Gasteiger partial charge in [-0.15, -0.1) is 0 Å². The van der Waals surface area contributed by atoms with Crippen molar-refractivity contribution in [2.24, 2.45) is 9.98 Å². The summed E-state index contributed by atoms with van der Waals surface area (Å²) in [5.41, 5.74) is 7.52. The molecular weight excluding hydrogens is 1310 g/mol. The van der Waals surface area contributed by atoms with Crippen molar-refractivity contribution in [3.8, 4) is 11.4 Å². The molecule has 6 heterocycles. The molecule has 0 saturated heterocycles. The van der Waals surface area contributed by atoms with Gasteiger partial charge in [-0.05, 0) is 139 Å². The van der Waals surface area contributed by atoms with Gasteiger partial charge in [0, 0.05) is 89.6 Å². The van der Waals surface area contributed by atoms with Crippen LogP contribution in [-0.4, -0.2) is 108 Å². The van der Waals surface area contributed by atoms with E-state index in [1.807, 2.05) is 79.1 Å². The van der Waals surface area contributed by atoms with Crippen molar-refractivity contribution in [2.75, 3.05) is 33.1 Å². The van der Waals surface area contributed by atoms with Crippen LogP contribution in [0, 0.1) is 13.8 Å². The predicted octanol–water partition coefficient (Wildman–Crippen LogP) is 12.4. The van der Waals surface area contributed by atoms with E-state index in [9.17, 15) is 29.1 Å². The summed E-state index contributed by atoms with van der Waals surface area (Å²) in [7, 11) is 2.39. The number of alkyl halides is 2. The van der Waals surface area contributed by atoms with E-state index < -0.39 is 42.5 Å². The van der Waals surface area contributed by atoms with Gasteiger partial charge in [-0.3, -0.25) is 38.7 Å². The number of carboxylic acid groups (broad SMARTS) is 1. The number of pyridine rings is 2. The summed E-state index contributed by atoms with van der Waals surface area (Å²) in [6.07, 6.45) is 6.10. The summed E-state index contributed by atoms with van der Waals surface area (Å²) in [5, 5.41) is 9.20. The lowest BCUT2D eigenvalue weighted by molar-refractivity contribution is -0.153. The fourth-order valence-corrected chi connectivity index (χ4v) is 8.78. The Hall–Kier alpha value is -5.76. The average molecular weight is 1350 g/mol. The van der Waals surface area contributed by atoms with Crippen LogP contribution in [0.3, 0.4) is 0 Å². The lowest BCUT2D eigenvalue weighted by Crippen LogP contribution is -2.14. The summed E-state index contributed by atoms with van der Waals surface area (Å²) in [6, 6.07) is 18.2. The number of aliphatic imine (C=N–C) groups is 2. The van der Waals surface area contributed by atoms with E-state index in [-0.39, 0.29) is 31.0 Å². The lowest BCUT2D eigenvalue weighted by Gasteiger charge is -2.15. The van der Waals surface area contributed by atoms with Crippen molar-refractivity contribution >= 4 is 140 Å². The molecule has 0 radical (unpaired) electrons. The third-order valence-electron chi connectivity index (χ3n) is 10.3. The van der Waals surface area contributed by atoms with Crippen molar-refractivity contribution in [2.45, 2.75) is 51.6 Å². The smallest absolute Gasteiger partial charge is 0.481 e. The number of aliphatic carboxylic acids is 1. The van der Waals surface area contributed by atoms with Gasteiger partial charge >= 0.3 is 29.7 Å². The third-order valence-corrected chi connectivity index (χ3v) is 14.3. The van der Waals surface area contributed by atoms with Gasteiger partial charge in [-0.2, -0.15) is 0 Å². The maximum atomic E-state index is 12.3. The molecule has 0 amide bonds. The number of halogens is 7. The van der Waals surface area contributed by atoms with Gasteiger partial charge in [0.05, 0.1) is 48.4 Å². The SMILES string of the molecule is COC(=O)OCCl.COC(=O)OCOC(=O)CC[C@@H]1N=C(c2ccccn2)c2cc(Br)c(Br)cc2-n2c(C)cnc21.Cc1cnc2n1-c1cc(Br)c(Br)cc1C(c1ccccn1)=N[C@H]2CCC(=O)O.O=C(Cl)OCCl. The summed E-state index contributed by atoms with van der Waals surface area (Å²) in [6.45, 7) is 3.44. The first-order chi connectivity index (χ1) is 35.9. The zero-order valence-electron chi connectivity index (χ0n) is 39.8. The maximum Gasteiger partial charge on any atom is 0.510 e. The standard InChI is InChI=1S/C23H20Br2N4O5.C20H16Br2N4O2.C3H5ClO3.C2H2Cl2O2/c1-13-11-27-22-18(6-7-20(30)33-12-34-23(31)32-2)28-21(17-5-3-4-8-26-17)14-9-15(24)16(25)10-19(14)29(13)22;1-11-10-24-20-16(5-6-18(27)28)25-19(15-4-2-3-7-23-15)12-8-13(21)14(22)9-17(12)26(11)20;1-6-3(5)7-2-4;3-1-6-2(4)5/h3-5,8-11,18H,6-7,12H2,1-2H3;2-4,7-10,16H,5-6H2,1H3,(H,27,28);2H2,1H3;1H2/t18-;16-;;/m00../s1. The maximum absolute atomic E-state index is 12.3. The normalized spacial score (nSPS) is 13.6. The summed E-state index contributed by atoms with van der Waals surface area (Å²) >= 11 is 28.8. The van der Waals surface area contributed by atoms with Crippen LogP contribution in [0.1, 0.15) is 83.3 Å². The number of hydrogen-bond acceptors (Lipinski definition) is 17.